The predicted octanol–water partition coefficient (Wildman–Crippen LogP) is 0.0853. The van der Waals surface area contributed by atoms with E-state index in [1.54, 1.807) is 0 Å². The summed E-state index contributed by atoms with van der Waals surface area (Å²) in [5.41, 5.74) is 1.14. The minimum atomic E-state index is 0.0497. The molecule has 1 aromatic heterocycles. The first-order chi connectivity index (χ1) is 6.16. The van der Waals surface area contributed by atoms with Gasteiger partial charge >= 0.3 is 0 Å². The molecule has 1 saturated heterocycles. The Bertz CT molecular complexity index is 331. The van der Waals surface area contributed by atoms with Gasteiger partial charge in [-0.3, -0.25) is 9.69 Å². The van der Waals surface area contributed by atoms with Crippen molar-refractivity contribution in [2.45, 2.75) is 6.17 Å². The summed E-state index contributed by atoms with van der Waals surface area (Å²) in [4.78, 5) is 13.1. The van der Waals surface area contributed by atoms with E-state index in [9.17, 15) is 4.79 Å². The summed E-state index contributed by atoms with van der Waals surface area (Å²) in [6.45, 7) is 0.486. The van der Waals surface area contributed by atoms with Crippen molar-refractivity contribution in [2.24, 2.45) is 7.05 Å². The minimum Gasteiger partial charge on any atom is -0.357 e. The molecule has 0 aromatic carbocycles. The number of carbonyl (C=O) groups excluding carboxylic acids is 1. The Morgan fingerprint density at radius 2 is 2.31 bits per heavy atom. The van der Waals surface area contributed by atoms with E-state index in [0.717, 1.165) is 5.56 Å². The van der Waals surface area contributed by atoms with Crippen LogP contribution in [0.2, 0.25) is 0 Å². The molecule has 0 spiro atoms. The van der Waals surface area contributed by atoms with Crippen LogP contribution in [0.4, 0.5) is 0 Å². The van der Waals surface area contributed by atoms with Gasteiger partial charge in [-0.2, -0.15) is 0 Å². The van der Waals surface area contributed by atoms with Crippen LogP contribution in [-0.2, 0) is 11.8 Å². The number of hydrogen-bond acceptors (Lipinski definition) is 2. The highest BCUT2D eigenvalue weighted by Gasteiger charge is 2.27. The highest BCUT2D eigenvalue weighted by Crippen LogP contribution is 2.19. The van der Waals surface area contributed by atoms with Crippen LogP contribution in [0.3, 0.4) is 0 Å². The van der Waals surface area contributed by atoms with Gasteiger partial charge in [0.05, 0.1) is 6.54 Å². The molecule has 0 bridgehead atoms. The summed E-state index contributed by atoms with van der Waals surface area (Å²) in [5.74, 6) is 0.0938. The zero-order chi connectivity index (χ0) is 9.42. The molecule has 1 aliphatic heterocycles. The van der Waals surface area contributed by atoms with Crippen molar-refractivity contribution in [2.75, 3.05) is 13.6 Å². The van der Waals surface area contributed by atoms with Crippen molar-refractivity contribution >= 4 is 5.91 Å². The molecule has 1 fully saturated rings. The van der Waals surface area contributed by atoms with E-state index in [2.05, 4.69) is 5.32 Å². The third kappa shape index (κ3) is 1.45. The van der Waals surface area contributed by atoms with E-state index in [1.807, 2.05) is 42.0 Å². The van der Waals surface area contributed by atoms with Gasteiger partial charge in [-0.25, -0.2) is 0 Å². The Morgan fingerprint density at radius 3 is 2.77 bits per heavy atom. The van der Waals surface area contributed by atoms with Gasteiger partial charge in [0.1, 0.15) is 6.17 Å². The summed E-state index contributed by atoms with van der Waals surface area (Å²) < 4.78 is 1.98. The van der Waals surface area contributed by atoms with Gasteiger partial charge in [0, 0.05) is 25.0 Å². The second kappa shape index (κ2) is 2.88. The molecule has 1 N–H and O–H groups in total. The third-order valence-corrected chi connectivity index (χ3v) is 2.30. The molecule has 0 aliphatic carbocycles. The average molecular weight is 179 g/mol. The van der Waals surface area contributed by atoms with Gasteiger partial charge in [0.25, 0.3) is 0 Å². The van der Waals surface area contributed by atoms with Crippen LogP contribution in [-0.4, -0.2) is 29.0 Å². The zero-order valence-electron chi connectivity index (χ0n) is 7.82. The fraction of sp³-hybridized carbons (Fsp3) is 0.444. The number of hydrogen-bond donors (Lipinski definition) is 1. The molecular formula is C9H13N3O. The van der Waals surface area contributed by atoms with Crippen molar-refractivity contribution in [3.05, 3.63) is 24.0 Å². The number of amides is 1. The first kappa shape index (κ1) is 8.31. The maximum Gasteiger partial charge on any atom is 0.235 e. The smallest absolute Gasteiger partial charge is 0.235 e. The first-order valence-corrected chi connectivity index (χ1v) is 4.28. The molecule has 2 rings (SSSR count). The Balaban J connectivity index is 2.22. The largest absolute Gasteiger partial charge is 0.357 e. The highest BCUT2D eigenvalue weighted by atomic mass is 16.2. The molecule has 1 atom stereocenters. The fourth-order valence-corrected chi connectivity index (χ4v) is 1.65. The Hall–Kier alpha value is -1.29. The van der Waals surface area contributed by atoms with Crippen LogP contribution in [0, 0.1) is 0 Å². The van der Waals surface area contributed by atoms with Gasteiger partial charge in [-0.05, 0) is 13.1 Å². The van der Waals surface area contributed by atoms with Crippen LogP contribution < -0.4 is 5.32 Å². The summed E-state index contributed by atoms with van der Waals surface area (Å²) in [6, 6.07) is 2.02. The molecule has 4 heteroatoms. The monoisotopic (exact) mass is 179 g/mol. The lowest BCUT2D eigenvalue weighted by molar-refractivity contribution is -0.118. The summed E-state index contributed by atoms with van der Waals surface area (Å²) in [6.07, 6.45) is 4.05. The van der Waals surface area contributed by atoms with Crippen molar-refractivity contribution in [1.82, 2.24) is 14.8 Å². The minimum absolute atomic E-state index is 0.0497. The fourth-order valence-electron chi connectivity index (χ4n) is 1.65. The van der Waals surface area contributed by atoms with E-state index in [1.165, 1.54) is 0 Å². The molecule has 0 radical (unpaired) electrons. The number of aromatic nitrogens is 1. The second-order valence-corrected chi connectivity index (χ2v) is 3.50. The van der Waals surface area contributed by atoms with Crippen molar-refractivity contribution in [3.8, 4) is 0 Å². The standard InChI is InChI=1S/C9H13N3O/c1-11-4-3-7(5-11)9-10-8(13)6-12(9)2/h3-5,9H,6H2,1-2H3,(H,10,13). The maximum absolute atomic E-state index is 11.1. The second-order valence-electron chi connectivity index (χ2n) is 3.50. The summed E-state index contributed by atoms with van der Waals surface area (Å²) in [5, 5.41) is 2.91. The van der Waals surface area contributed by atoms with Crippen LogP contribution in [0.25, 0.3) is 0 Å². The van der Waals surface area contributed by atoms with Gasteiger partial charge < -0.3 is 9.88 Å². The van der Waals surface area contributed by atoms with Gasteiger partial charge in [-0.1, -0.05) is 0 Å². The first-order valence-electron chi connectivity index (χ1n) is 4.28. The lowest BCUT2D eigenvalue weighted by Crippen LogP contribution is -2.23. The number of carbonyl (C=O) groups is 1. The van der Waals surface area contributed by atoms with Crippen molar-refractivity contribution in [3.63, 3.8) is 0 Å². The number of nitrogens with one attached hydrogen (secondary N) is 1. The molecule has 1 amide bonds. The molecule has 4 nitrogen and oxygen atoms in total. The van der Waals surface area contributed by atoms with E-state index < -0.39 is 0 Å². The third-order valence-electron chi connectivity index (χ3n) is 2.30. The van der Waals surface area contributed by atoms with Crippen LogP contribution in [0.5, 0.6) is 0 Å². The molecule has 70 valence electrons. The van der Waals surface area contributed by atoms with Crippen molar-refractivity contribution < 1.29 is 4.79 Å². The Kier molecular flexibility index (Phi) is 1.84. The summed E-state index contributed by atoms with van der Waals surface area (Å²) in [7, 11) is 3.91. The Labute approximate surface area is 77.1 Å². The summed E-state index contributed by atoms with van der Waals surface area (Å²) >= 11 is 0. The molecule has 0 saturated carbocycles. The van der Waals surface area contributed by atoms with E-state index in [4.69, 9.17) is 0 Å². The normalized spacial score (nSPS) is 23.5. The lowest BCUT2D eigenvalue weighted by Gasteiger charge is -2.16. The van der Waals surface area contributed by atoms with Gasteiger partial charge in [0.15, 0.2) is 0 Å². The zero-order valence-corrected chi connectivity index (χ0v) is 7.82. The number of aryl methyl sites for hydroxylation is 1. The van der Waals surface area contributed by atoms with Gasteiger partial charge in [0.2, 0.25) is 5.91 Å². The molecule has 1 aliphatic rings. The molecule has 13 heavy (non-hydrogen) atoms. The molecule has 1 unspecified atom stereocenters. The van der Waals surface area contributed by atoms with E-state index >= 15 is 0 Å². The number of rotatable bonds is 1. The van der Waals surface area contributed by atoms with E-state index in [-0.39, 0.29) is 12.1 Å². The number of nitrogens with zero attached hydrogens (tertiary/aromatic N) is 2. The Morgan fingerprint density at radius 1 is 1.54 bits per heavy atom. The molecular weight excluding hydrogens is 166 g/mol. The SMILES string of the molecule is CN1CC(=O)NC1c1ccn(C)c1. The van der Waals surface area contributed by atoms with E-state index in [0.29, 0.717) is 6.54 Å². The van der Waals surface area contributed by atoms with Crippen molar-refractivity contribution in [1.29, 1.82) is 0 Å². The molecule has 2 heterocycles. The topological polar surface area (TPSA) is 37.3 Å². The lowest BCUT2D eigenvalue weighted by atomic mass is 10.2. The van der Waals surface area contributed by atoms with Gasteiger partial charge in [-0.15, -0.1) is 0 Å². The number of likely N-dealkylation sites (N-methyl/N-ethyl adjacent to an activating group) is 1. The van der Waals surface area contributed by atoms with Crippen LogP contribution in [0.1, 0.15) is 11.7 Å². The molecule has 1 aromatic rings. The van der Waals surface area contributed by atoms with Crippen LogP contribution in [0.15, 0.2) is 18.5 Å². The predicted molar refractivity (Wildman–Crippen MR) is 48.9 cm³/mol. The van der Waals surface area contributed by atoms with Crippen LogP contribution >= 0.6 is 0 Å². The highest BCUT2D eigenvalue weighted by molar-refractivity contribution is 5.80. The quantitative estimate of drug-likeness (QED) is 0.663. The maximum atomic E-state index is 11.1. The average Bonchev–Trinajstić information content (AvgIpc) is 2.58.